The van der Waals surface area contributed by atoms with Gasteiger partial charge < -0.3 is 24.4 Å². The first-order chi connectivity index (χ1) is 14.9. The highest BCUT2D eigenvalue weighted by atomic mass is 16.7. The maximum Gasteiger partial charge on any atom is 0.331 e. The number of carbonyl (C=O) groups excluding carboxylic acids is 1. The molecule has 6 nitrogen and oxygen atoms in total. The Hall–Kier alpha value is -1.47. The number of esters is 1. The summed E-state index contributed by atoms with van der Waals surface area (Å²) < 4.78 is 17.8. The van der Waals surface area contributed by atoms with Crippen molar-refractivity contribution in [3.8, 4) is 0 Å². The van der Waals surface area contributed by atoms with E-state index in [4.69, 9.17) is 14.2 Å². The minimum Gasteiger partial charge on any atom is -0.453 e. The Kier molecular flexibility index (Phi) is 9.70. The minimum atomic E-state index is -1.29. The number of aliphatic hydroxyl groups excluding tert-OH is 2. The van der Waals surface area contributed by atoms with Crippen molar-refractivity contribution in [1.82, 2.24) is 0 Å². The first-order valence-electron chi connectivity index (χ1n) is 11.8. The van der Waals surface area contributed by atoms with E-state index in [9.17, 15) is 15.0 Å². The van der Waals surface area contributed by atoms with Crippen LogP contribution in [0.3, 0.4) is 0 Å². The molecule has 32 heavy (non-hydrogen) atoms. The van der Waals surface area contributed by atoms with Crippen LogP contribution >= 0.6 is 0 Å². The SMILES string of the molecule is CC(C)=CCC[C@](C)(O[C@@H]1O[C@H](C)[C@H](O)[C@H](OC(=O)C=C(C)C)[C@H]1O)[C@@H]1CC=C(C)CC1. The third-order valence-corrected chi connectivity index (χ3v) is 6.52. The molecule has 0 radical (unpaired) electrons. The van der Waals surface area contributed by atoms with E-state index in [-0.39, 0.29) is 5.92 Å². The fourth-order valence-electron chi connectivity index (χ4n) is 4.43. The summed E-state index contributed by atoms with van der Waals surface area (Å²) in [5.41, 5.74) is 2.89. The Morgan fingerprint density at radius 1 is 1.22 bits per heavy atom. The smallest absolute Gasteiger partial charge is 0.331 e. The molecule has 1 saturated heterocycles. The van der Waals surface area contributed by atoms with E-state index in [1.807, 2.05) is 0 Å². The Bertz CT molecular complexity index is 731. The zero-order valence-electron chi connectivity index (χ0n) is 20.8. The van der Waals surface area contributed by atoms with Gasteiger partial charge in [-0.3, -0.25) is 0 Å². The molecule has 6 heteroatoms. The van der Waals surface area contributed by atoms with Gasteiger partial charge in [0.2, 0.25) is 0 Å². The summed E-state index contributed by atoms with van der Waals surface area (Å²) in [6.07, 6.45) is 5.19. The molecule has 0 spiro atoms. The largest absolute Gasteiger partial charge is 0.453 e. The van der Waals surface area contributed by atoms with Gasteiger partial charge in [-0.1, -0.05) is 28.9 Å². The molecule has 1 aliphatic carbocycles. The molecule has 0 bridgehead atoms. The average molecular weight is 451 g/mol. The fraction of sp³-hybridized carbons (Fsp3) is 0.731. The number of allylic oxidation sites excluding steroid dienone is 5. The molecule has 1 aliphatic heterocycles. The maximum atomic E-state index is 12.2. The molecule has 182 valence electrons. The van der Waals surface area contributed by atoms with Gasteiger partial charge in [-0.25, -0.2) is 4.79 Å². The van der Waals surface area contributed by atoms with Crippen molar-refractivity contribution >= 4 is 5.97 Å². The molecule has 2 rings (SSSR count). The van der Waals surface area contributed by atoms with Crippen LogP contribution < -0.4 is 0 Å². The van der Waals surface area contributed by atoms with Gasteiger partial charge in [0.25, 0.3) is 0 Å². The second-order valence-corrected chi connectivity index (χ2v) is 10.1. The van der Waals surface area contributed by atoms with Crippen LogP contribution in [0, 0.1) is 5.92 Å². The maximum absolute atomic E-state index is 12.2. The average Bonchev–Trinajstić information content (AvgIpc) is 2.69. The molecule has 0 aromatic heterocycles. The van der Waals surface area contributed by atoms with Crippen molar-refractivity contribution in [1.29, 1.82) is 0 Å². The molecule has 0 aromatic rings. The summed E-state index contributed by atoms with van der Waals surface area (Å²) >= 11 is 0. The Morgan fingerprint density at radius 2 is 1.91 bits per heavy atom. The molecule has 0 saturated carbocycles. The van der Waals surface area contributed by atoms with Crippen LogP contribution in [0.15, 0.2) is 34.9 Å². The molecule has 2 N–H and O–H groups in total. The molecular formula is C26H42O6. The lowest BCUT2D eigenvalue weighted by molar-refractivity contribution is -0.326. The first-order valence-corrected chi connectivity index (χ1v) is 11.8. The standard InChI is InChI=1S/C26H42O6/c1-16(2)9-8-14-26(7,20-12-10-18(5)11-13-20)32-25-23(29)24(22(28)19(6)30-25)31-21(27)15-17(3)4/h9-10,15,19-20,22-25,28-29H,8,11-14H2,1-7H3/t19-,20-,22+,23-,24+,25+,26+/m1/s1. The molecule has 1 fully saturated rings. The van der Waals surface area contributed by atoms with E-state index >= 15 is 0 Å². The summed E-state index contributed by atoms with van der Waals surface area (Å²) in [7, 11) is 0. The van der Waals surface area contributed by atoms with Crippen LogP contribution in [0.2, 0.25) is 0 Å². The van der Waals surface area contributed by atoms with E-state index < -0.39 is 42.3 Å². The van der Waals surface area contributed by atoms with E-state index in [0.29, 0.717) is 0 Å². The number of ether oxygens (including phenoxy) is 3. The van der Waals surface area contributed by atoms with Gasteiger partial charge in [0.15, 0.2) is 12.4 Å². The van der Waals surface area contributed by atoms with Crippen molar-refractivity contribution in [3.05, 3.63) is 34.9 Å². The number of hydrogen-bond acceptors (Lipinski definition) is 6. The zero-order chi connectivity index (χ0) is 24.1. The van der Waals surface area contributed by atoms with E-state index in [1.54, 1.807) is 20.8 Å². The van der Waals surface area contributed by atoms with Crippen molar-refractivity contribution in [2.24, 2.45) is 5.92 Å². The van der Waals surface area contributed by atoms with Crippen molar-refractivity contribution in [2.45, 2.75) is 117 Å². The summed E-state index contributed by atoms with van der Waals surface area (Å²) in [6, 6.07) is 0. The van der Waals surface area contributed by atoms with Crippen molar-refractivity contribution < 1.29 is 29.2 Å². The normalized spacial score (nSPS) is 32.3. The first kappa shape index (κ1) is 26.8. The predicted molar refractivity (Wildman–Crippen MR) is 125 cm³/mol. The highest BCUT2D eigenvalue weighted by Gasteiger charge is 2.49. The van der Waals surface area contributed by atoms with Gasteiger partial charge in [-0.05, 0) is 86.5 Å². The summed E-state index contributed by atoms with van der Waals surface area (Å²) in [5.74, 6) is -0.318. The number of carbonyl (C=O) groups is 1. The highest BCUT2D eigenvalue weighted by Crippen LogP contribution is 2.40. The van der Waals surface area contributed by atoms with Gasteiger partial charge >= 0.3 is 5.97 Å². The quantitative estimate of drug-likeness (QED) is 0.319. The van der Waals surface area contributed by atoms with Gasteiger partial charge in [0.1, 0.15) is 12.2 Å². The second-order valence-electron chi connectivity index (χ2n) is 10.1. The Labute approximate surface area is 193 Å². The lowest BCUT2D eigenvalue weighted by Crippen LogP contribution is -2.60. The zero-order valence-corrected chi connectivity index (χ0v) is 20.8. The second kappa shape index (κ2) is 11.6. The summed E-state index contributed by atoms with van der Waals surface area (Å²) in [4.78, 5) is 12.2. The van der Waals surface area contributed by atoms with Crippen LogP contribution in [-0.2, 0) is 19.0 Å². The fourth-order valence-corrected chi connectivity index (χ4v) is 4.43. The van der Waals surface area contributed by atoms with Crippen LogP contribution in [-0.4, -0.2) is 52.5 Å². The molecule has 0 amide bonds. The highest BCUT2D eigenvalue weighted by molar-refractivity contribution is 5.82. The minimum absolute atomic E-state index is 0.279. The molecule has 0 aromatic carbocycles. The molecule has 0 unspecified atom stereocenters. The van der Waals surface area contributed by atoms with Crippen molar-refractivity contribution in [3.63, 3.8) is 0 Å². The van der Waals surface area contributed by atoms with E-state index in [1.165, 1.54) is 17.2 Å². The molecular weight excluding hydrogens is 408 g/mol. The van der Waals surface area contributed by atoms with E-state index in [0.717, 1.165) is 37.7 Å². The molecule has 7 atom stereocenters. The summed E-state index contributed by atoms with van der Waals surface area (Å²) in [5, 5.41) is 21.5. The van der Waals surface area contributed by atoms with Crippen LogP contribution in [0.25, 0.3) is 0 Å². The van der Waals surface area contributed by atoms with Crippen molar-refractivity contribution in [2.75, 3.05) is 0 Å². The van der Waals surface area contributed by atoms with Crippen LogP contribution in [0.1, 0.15) is 80.6 Å². The van der Waals surface area contributed by atoms with Gasteiger partial charge in [0, 0.05) is 6.08 Å². The van der Waals surface area contributed by atoms with Gasteiger partial charge in [-0.15, -0.1) is 0 Å². The molecule has 1 heterocycles. The van der Waals surface area contributed by atoms with Gasteiger partial charge in [0.05, 0.1) is 11.7 Å². The Morgan fingerprint density at radius 3 is 2.47 bits per heavy atom. The third kappa shape index (κ3) is 7.27. The van der Waals surface area contributed by atoms with Gasteiger partial charge in [-0.2, -0.15) is 0 Å². The third-order valence-electron chi connectivity index (χ3n) is 6.52. The number of rotatable bonds is 8. The topological polar surface area (TPSA) is 85.2 Å². The van der Waals surface area contributed by atoms with Crippen LogP contribution in [0.5, 0.6) is 0 Å². The predicted octanol–water partition coefficient (Wildman–Crippen LogP) is 4.60. The van der Waals surface area contributed by atoms with Crippen LogP contribution in [0.4, 0.5) is 0 Å². The Balaban J connectivity index is 2.23. The number of hydrogen-bond donors (Lipinski definition) is 2. The summed E-state index contributed by atoms with van der Waals surface area (Å²) in [6.45, 7) is 13.7. The number of aliphatic hydroxyl groups is 2. The van der Waals surface area contributed by atoms with E-state index in [2.05, 4.69) is 39.8 Å². The lowest BCUT2D eigenvalue weighted by atomic mass is 9.76. The molecule has 2 aliphatic rings. The lowest BCUT2D eigenvalue weighted by Gasteiger charge is -2.46. The monoisotopic (exact) mass is 450 g/mol.